The number of carbonyl (C=O) groups is 2. The first kappa shape index (κ1) is 37.4. The molecule has 1 aliphatic carbocycles. The maximum absolute atomic E-state index is 13.5. The van der Waals surface area contributed by atoms with Crippen LogP contribution in [0.2, 0.25) is 5.02 Å². The summed E-state index contributed by atoms with van der Waals surface area (Å²) in [7, 11) is -0.675. The van der Waals surface area contributed by atoms with Gasteiger partial charge in [-0.15, -0.1) is 0 Å². The Balaban J connectivity index is 1.53. The lowest BCUT2D eigenvalue weighted by atomic mass is 9.62. The zero-order valence-electron chi connectivity index (χ0n) is 29.3. The monoisotopic (exact) mass is 717 g/mol. The zero-order valence-corrected chi connectivity index (χ0v) is 30.8. The summed E-state index contributed by atoms with van der Waals surface area (Å²) in [6.45, 7) is 5.89. The Morgan fingerprint density at radius 1 is 1.12 bits per heavy atom. The molecule has 270 valence electrons. The van der Waals surface area contributed by atoms with Gasteiger partial charge in [0.15, 0.2) is 0 Å². The third-order valence-corrected chi connectivity index (χ3v) is 13.3. The number of methoxy groups -OCH3 is 1. The highest BCUT2D eigenvalue weighted by atomic mass is 35.5. The molecule has 12 heteroatoms. The number of hydrogen-bond donors (Lipinski definition) is 2. The van der Waals surface area contributed by atoms with Crippen LogP contribution in [0.1, 0.15) is 86.7 Å². The van der Waals surface area contributed by atoms with Crippen LogP contribution in [0, 0.1) is 17.8 Å². The topological polar surface area (TPSA) is 125 Å². The Labute approximate surface area is 296 Å². The molecule has 2 bridgehead atoms. The summed E-state index contributed by atoms with van der Waals surface area (Å²) in [6, 6.07) is 10.9. The molecule has 2 aliphatic heterocycles. The fraction of sp³-hybridized carbons (Fsp3) is 0.622. The predicted octanol–water partition coefficient (Wildman–Crippen LogP) is 5.58. The lowest BCUT2D eigenvalue weighted by Crippen LogP contribution is -2.53. The molecule has 0 radical (unpaired) electrons. The molecule has 3 aliphatic rings. The summed E-state index contributed by atoms with van der Waals surface area (Å²) in [5, 5.41) is 12.2. The number of nitrogens with one attached hydrogen (secondary N) is 1. The number of ether oxygens (including phenoxy) is 2. The lowest BCUT2D eigenvalue weighted by molar-refractivity contribution is -0.145. The number of likely N-dealkylation sites (N-methyl/N-ethyl adjacent to an activating group) is 1. The zero-order chi connectivity index (χ0) is 35.3. The third kappa shape index (κ3) is 8.90. The lowest BCUT2D eigenvalue weighted by Gasteiger charge is -2.49. The van der Waals surface area contributed by atoms with Crippen LogP contribution in [0.4, 0.5) is 5.69 Å². The van der Waals surface area contributed by atoms with Crippen LogP contribution >= 0.6 is 11.6 Å². The second kappa shape index (κ2) is 16.0. The molecule has 0 saturated heterocycles. The molecule has 0 unspecified atom stereocenters. The van der Waals surface area contributed by atoms with E-state index in [2.05, 4.69) is 9.62 Å². The van der Waals surface area contributed by atoms with Crippen LogP contribution < -0.4 is 14.4 Å². The molecule has 2 heterocycles. The van der Waals surface area contributed by atoms with Crippen LogP contribution in [0.5, 0.6) is 5.75 Å². The Morgan fingerprint density at radius 3 is 2.65 bits per heavy atom. The van der Waals surface area contributed by atoms with Crippen molar-refractivity contribution >= 4 is 39.1 Å². The van der Waals surface area contributed by atoms with Gasteiger partial charge >= 0.3 is 0 Å². The van der Waals surface area contributed by atoms with E-state index >= 15 is 0 Å². The summed E-state index contributed by atoms with van der Waals surface area (Å²) in [5.74, 6) is -0.504. The van der Waals surface area contributed by atoms with Gasteiger partial charge in [-0.3, -0.25) is 9.59 Å². The first-order valence-corrected chi connectivity index (χ1v) is 19.5. The standard InChI is InChI=1S/C37H52ClN3O7S/c1-25-8-7-16-37(44,22-35(42)40(3)18-19-47-4)32-14-11-29(32)23-41-17-6-5-9-27-20-31(38)13-10-30(27)24-48-34-15-12-28(21-33(34)41)36(43)39-49(45,46)26(25)2/h10,12-13,15,20-21,25-26,29,32,44H,5-9,11,14,16-19,22-24H2,1-4H3,(H,39,43)/t25-,26+,29-,32+,37+/m0/s1. The van der Waals surface area contributed by atoms with E-state index in [1.165, 1.54) is 0 Å². The number of aliphatic hydroxyl groups is 1. The quantitative estimate of drug-likeness (QED) is 0.411. The van der Waals surface area contributed by atoms with E-state index in [9.17, 15) is 23.1 Å². The third-order valence-electron chi connectivity index (χ3n) is 11.1. The van der Waals surface area contributed by atoms with Crippen molar-refractivity contribution in [2.75, 3.05) is 45.3 Å². The van der Waals surface area contributed by atoms with Gasteiger partial charge in [0.1, 0.15) is 12.4 Å². The molecule has 10 nitrogen and oxygen atoms in total. The second-order valence-corrected chi connectivity index (χ2v) is 16.8. The molecular formula is C37H52ClN3O7S. The summed E-state index contributed by atoms with van der Waals surface area (Å²) in [6.07, 6.45) is 5.77. The molecule has 1 saturated carbocycles. The number of hydrogen-bond acceptors (Lipinski definition) is 8. The van der Waals surface area contributed by atoms with Crippen molar-refractivity contribution in [3.8, 4) is 5.75 Å². The average molecular weight is 718 g/mol. The first-order valence-electron chi connectivity index (χ1n) is 17.6. The van der Waals surface area contributed by atoms with Gasteiger partial charge in [0.05, 0.1) is 29.6 Å². The molecule has 0 spiro atoms. The Kier molecular flexibility index (Phi) is 12.2. The molecule has 2 aromatic carbocycles. The van der Waals surface area contributed by atoms with Crippen LogP contribution in [-0.4, -0.2) is 81.5 Å². The largest absolute Gasteiger partial charge is 0.487 e. The Morgan fingerprint density at radius 2 is 1.92 bits per heavy atom. The summed E-state index contributed by atoms with van der Waals surface area (Å²) >= 11 is 6.35. The maximum atomic E-state index is 13.5. The molecule has 2 amide bonds. The van der Waals surface area contributed by atoms with E-state index in [0.29, 0.717) is 68.6 Å². The van der Waals surface area contributed by atoms with E-state index < -0.39 is 26.8 Å². The highest BCUT2D eigenvalue weighted by molar-refractivity contribution is 7.90. The van der Waals surface area contributed by atoms with Gasteiger partial charge in [0, 0.05) is 44.4 Å². The number of benzene rings is 2. The van der Waals surface area contributed by atoms with Gasteiger partial charge in [0.2, 0.25) is 15.9 Å². The number of fused-ring (bicyclic) bond motifs is 3. The van der Waals surface area contributed by atoms with Crippen molar-refractivity contribution in [3.05, 3.63) is 58.1 Å². The van der Waals surface area contributed by atoms with E-state index in [4.69, 9.17) is 21.1 Å². The molecule has 2 aromatic rings. The van der Waals surface area contributed by atoms with Crippen molar-refractivity contribution < 1.29 is 32.6 Å². The number of carbonyl (C=O) groups excluding carboxylic acids is 2. The van der Waals surface area contributed by atoms with Crippen LogP contribution in [0.3, 0.4) is 0 Å². The number of rotatable bonds is 5. The van der Waals surface area contributed by atoms with E-state index in [1.54, 1.807) is 44.2 Å². The fourth-order valence-corrected chi connectivity index (χ4v) is 9.07. The van der Waals surface area contributed by atoms with Gasteiger partial charge in [-0.1, -0.05) is 31.0 Å². The molecule has 2 N–H and O–H groups in total. The van der Waals surface area contributed by atoms with Gasteiger partial charge in [-0.25, -0.2) is 13.1 Å². The normalized spacial score (nSPS) is 27.6. The number of halogens is 1. The minimum Gasteiger partial charge on any atom is -0.487 e. The maximum Gasteiger partial charge on any atom is 0.264 e. The van der Waals surface area contributed by atoms with Crippen LogP contribution in [-0.2, 0) is 32.6 Å². The van der Waals surface area contributed by atoms with Gasteiger partial charge in [0.25, 0.3) is 5.91 Å². The number of aryl methyl sites for hydroxylation is 1. The molecule has 1 fully saturated rings. The number of amides is 2. The van der Waals surface area contributed by atoms with Crippen molar-refractivity contribution in [2.24, 2.45) is 17.8 Å². The molecule has 5 atom stereocenters. The smallest absolute Gasteiger partial charge is 0.264 e. The number of anilines is 1. The highest BCUT2D eigenvalue weighted by Crippen LogP contribution is 2.47. The minimum absolute atomic E-state index is 0.00264. The van der Waals surface area contributed by atoms with Gasteiger partial charge in [-0.05, 0) is 111 Å². The summed E-state index contributed by atoms with van der Waals surface area (Å²) in [5.41, 5.74) is 1.88. The number of nitrogens with zero attached hydrogens (tertiary/aromatic N) is 2. The first-order chi connectivity index (χ1) is 23.3. The number of sulfonamides is 1. The average Bonchev–Trinajstić information content (AvgIpc) is 3.07. The van der Waals surface area contributed by atoms with E-state index in [0.717, 1.165) is 43.2 Å². The van der Waals surface area contributed by atoms with Crippen molar-refractivity contribution in [1.29, 1.82) is 0 Å². The van der Waals surface area contributed by atoms with Gasteiger partial charge < -0.3 is 24.4 Å². The van der Waals surface area contributed by atoms with E-state index in [1.807, 2.05) is 25.1 Å². The molecule has 49 heavy (non-hydrogen) atoms. The van der Waals surface area contributed by atoms with Crippen LogP contribution in [0.25, 0.3) is 0 Å². The molecule has 0 aromatic heterocycles. The molecular weight excluding hydrogens is 666 g/mol. The summed E-state index contributed by atoms with van der Waals surface area (Å²) < 4.78 is 40.8. The Bertz CT molecular complexity index is 1600. The van der Waals surface area contributed by atoms with Gasteiger partial charge in [-0.2, -0.15) is 0 Å². The minimum atomic E-state index is -4.00. The Hall–Kier alpha value is -2.86. The second-order valence-electron chi connectivity index (χ2n) is 14.4. The summed E-state index contributed by atoms with van der Waals surface area (Å²) in [4.78, 5) is 30.8. The van der Waals surface area contributed by atoms with Crippen molar-refractivity contribution in [1.82, 2.24) is 9.62 Å². The fourth-order valence-electron chi connectivity index (χ4n) is 7.56. The van der Waals surface area contributed by atoms with Crippen molar-refractivity contribution in [3.63, 3.8) is 0 Å². The van der Waals surface area contributed by atoms with Crippen molar-refractivity contribution in [2.45, 2.75) is 89.1 Å². The van der Waals surface area contributed by atoms with E-state index in [-0.39, 0.29) is 35.6 Å². The predicted molar refractivity (Wildman–Crippen MR) is 192 cm³/mol. The highest BCUT2D eigenvalue weighted by Gasteiger charge is 2.48. The molecule has 5 rings (SSSR count). The SMILES string of the molecule is COCCN(C)C(=O)C[C@]1(O)CCC[C@H](C)[C@@H](C)S(=O)(=O)NC(=O)c2ccc3c(c2)N(CCCCc2cc(Cl)ccc2CO3)C[C@@H]2CC[C@H]21. The van der Waals surface area contributed by atoms with Crippen LogP contribution in [0.15, 0.2) is 36.4 Å².